The fourth-order valence-corrected chi connectivity index (χ4v) is 9.25. The topological polar surface area (TPSA) is 61.9 Å². The van der Waals surface area contributed by atoms with Crippen LogP contribution < -0.4 is 0 Å². The van der Waals surface area contributed by atoms with Crippen molar-refractivity contribution in [3.05, 3.63) is 182 Å². The van der Waals surface area contributed by atoms with Crippen LogP contribution in [0.4, 0.5) is 0 Å². The van der Waals surface area contributed by atoms with Crippen LogP contribution in [0.2, 0.25) is 0 Å². The largest absolute Gasteiger partial charge is 0.456 e. The SMILES string of the molecule is c1ccc(-c2cccc(-n3c4cccnc4c4c5oc6c(ccc7c6c6ncccc6n7-c6cccc(-c7ccc8oc9ccccc9c8c7)c6)c5ccc43)c2)cc1. The second-order valence-corrected chi connectivity index (χ2v) is 15.0. The molecule has 0 unspecified atom stereocenters. The number of nitrogens with zero attached hydrogens (tertiary/aromatic N) is 4. The Bertz CT molecular complexity index is 3810. The van der Waals surface area contributed by atoms with Gasteiger partial charge in [-0.15, -0.1) is 0 Å². The van der Waals surface area contributed by atoms with E-state index < -0.39 is 0 Å². The molecule has 0 radical (unpaired) electrons. The lowest BCUT2D eigenvalue weighted by Crippen LogP contribution is -1.94. The van der Waals surface area contributed by atoms with E-state index in [4.69, 9.17) is 18.8 Å². The summed E-state index contributed by atoms with van der Waals surface area (Å²) in [4.78, 5) is 9.97. The third kappa shape index (κ3) is 4.37. The van der Waals surface area contributed by atoms with Gasteiger partial charge in [0, 0.05) is 45.3 Å². The molecule has 0 aliphatic rings. The van der Waals surface area contributed by atoms with Gasteiger partial charge in [-0.3, -0.25) is 9.97 Å². The van der Waals surface area contributed by atoms with Gasteiger partial charge in [-0.25, -0.2) is 0 Å². The predicted octanol–water partition coefficient (Wildman–Crippen LogP) is 13.8. The van der Waals surface area contributed by atoms with E-state index in [9.17, 15) is 0 Å². The molecule has 13 aromatic rings. The van der Waals surface area contributed by atoms with Crippen LogP contribution in [-0.2, 0) is 0 Å². The Labute approximate surface area is 330 Å². The van der Waals surface area contributed by atoms with E-state index in [0.717, 1.165) is 116 Å². The van der Waals surface area contributed by atoms with Crippen LogP contribution in [-0.4, -0.2) is 19.1 Å². The summed E-state index contributed by atoms with van der Waals surface area (Å²) >= 11 is 0. The Morgan fingerprint density at radius 1 is 0.345 bits per heavy atom. The Hall–Kier alpha value is -7.96. The summed E-state index contributed by atoms with van der Waals surface area (Å²) in [6, 6.07) is 59.7. The quantitative estimate of drug-likeness (QED) is 0.180. The summed E-state index contributed by atoms with van der Waals surface area (Å²) in [5.74, 6) is 0. The third-order valence-corrected chi connectivity index (χ3v) is 11.8. The highest BCUT2D eigenvalue weighted by molar-refractivity contribution is 6.28. The zero-order valence-electron chi connectivity index (χ0n) is 30.9. The third-order valence-electron chi connectivity index (χ3n) is 11.8. The number of aromatic nitrogens is 4. The van der Waals surface area contributed by atoms with Gasteiger partial charge in [0.05, 0.1) is 32.8 Å². The van der Waals surface area contributed by atoms with Crippen molar-refractivity contribution in [2.75, 3.05) is 0 Å². The fourth-order valence-electron chi connectivity index (χ4n) is 9.25. The number of fused-ring (bicyclic) bond motifs is 14. The first-order chi connectivity index (χ1) is 28.8. The van der Waals surface area contributed by atoms with Crippen LogP contribution >= 0.6 is 0 Å². The van der Waals surface area contributed by atoms with Crippen LogP contribution in [0.15, 0.2) is 191 Å². The summed E-state index contributed by atoms with van der Waals surface area (Å²) in [5, 5.41) is 6.31. The highest BCUT2D eigenvalue weighted by Gasteiger charge is 2.23. The van der Waals surface area contributed by atoms with Crippen molar-refractivity contribution in [3.63, 3.8) is 0 Å². The molecular formula is C52H30N4O2. The Morgan fingerprint density at radius 2 is 0.897 bits per heavy atom. The van der Waals surface area contributed by atoms with Gasteiger partial charge in [0.1, 0.15) is 33.4 Å². The van der Waals surface area contributed by atoms with Gasteiger partial charge in [-0.2, -0.15) is 0 Å². The number of pyridine rings is 2. The molecule has 0 saturated heterocycles. The van der Waals surface area contributed by atoms with Gasteiger partial charge in [-0.05, 0) is 113 Å². The number of para-hydroxylation sites is 1. The number of benzene rings is 7. The van der Waals surface area contributed by atoms with Crippen LogP contribution in [0.5, 0.6) is 0 Å². The molecule has 0 bridgehead atoms. The normalized spacial score (nSPS) is 12.1. The molecule has 6 heteroatoms. The van der Waals surface area contributed by atoms with Gasteiger partial charge in [0.25, 0.3) is 0 Å². The van der Waals surface area contributed by atoms with E-state index in [1.165, 1.54) is 5.56 Å². The molecule has 0 amide bonds. The molecule has 0 saturated carbocycles. The summed E-state index contributed by atoms with van der Waals surface area (Å²) in [6.07, 6.45) is 3.74. The van der Waals surface area contributed by atoms with Crippen molar-refractivity contribution < 1.29 is 8.83 Å². The Kier molecular flexibility index (Phi) is 6.35. The first-order valence-electron chi connectivity index (χ1n) is 19.5. The van der Waals surface area contributed by atoms with E-state index in [0.29, 0.717) is 0 Å². The van der Waals surface area contributed by atoms with Crippen molar-refractivity contribution >= 4 is 87.7 Å². The summed E-state index contributed by atoms with van der Waals surface area (Å²) < 4.78 is 17.9. The van der Waals surface area contributed by atoms with Crippen molar-refractivity contribution in [2.45, 2.75) is 0 Å². The first kappa shape index (κ1) is 31.3. The predicted molar refractivity (Wildman–Crippen MR) is 236 cm³/mol. The molecule has 6 heterocycles. The molecule has 0 atom stereocenters. The van der Waals surface area contributed by atoms with Gasteiger partial charge in [-0.1, -0.05) is 78.9 Å². The molecule has 0 spiro atoms. The van der Waals surface area contributed by atoms with Gasteiger partial charge in [0.15, 0.2) is 0 Å². The smallest absolute Gasteiger partial charge is 0.147 e. The standard InChI is InChI=1S/C52H30N4O2/c1-2-10-31(11-3-1)32-12-6-14-35(28-32)55-41-23-21-38-39-22-24-42-48(52(39)58-51(38)47(41)49-43(55)17-8-26-53-49)50-44(18-9-27-54-50)56(42)36-15-7-13-33(29-36)34-20-25-46-40(30-34)37-16-4-5-19-45(37)57-46/h1-30H. The second-order valence-electron chi connectivity index (χ2n) is 15.0. The van der Waals surface area contributed by atoms with E-state index in [1.807, 2.05) is 36.7 Å². The van der Waals surface area contributed by atoms with Gasteiger partial charge >= 0.3 is 0 Å². The molecule has 0 fully saturated rings. The maximum Gasteiger partial charge on any atom is 0.147 e. The van der Waals surface area contributed by atoms with Crippen molar-refractivity contribution in [1.82, 2.24) is 19.1 Å². The lowest BCUT2D eigenvalue weighted by atomic mass is 10.0. The van der Waals surface area contributed by atoms with Crippen LogP contribution in [0, 0.1) is 0 Å². The molecule has 6 aromatic heterocycles. The van der Waals surface area contributed by atoms with Crippen molar-refractivity contribution in [1.29, 1.82) is 0 Å². The van der Waals surface area contributed by atoms with Crippen LogP contribution in [0.1, 0.15) is 0 Å². The average Bonchev–Trinajstić information content (AvgIpc) is 4.04. The Morgan fingerprint density at radius 3 is 1.55 bits per heavy atom. The molecule has 7 aromatic carbocycles. The molecule has 13 rings (SSSR count). The Balaban J connectivity index is 1.03. The molecule has 0 N–H and O–H groups in total. The lowest BCUT2D eigenvalue weighted by Gasteiger charge is -2.10. The van der Waals surface area contributed by atoms with Crippen molar-refractivity contribution in [2.24, 2.45) is 0 Å². The first-order valence-corrected chi connectivity index (χ1v) is 19.5. The number of hydrogen-bond acceptors (Lipinski definition) is 4. The lowest BCUT2D eigenvalue weighted by molar-refractivity contribution is 0.669. The summed E-state index contributed by atoms with van der Waals surface area (Å²) in [6.45, 7) is 0. The van der Waals surface area contributed by atoms with Crippen LogP contribution in [0.3, 0.4) is 0 Å². The number of furan rings is 2. The minimum atomic E-state index is 0.818. The fraction of sp³-hybridized carbons (Fsp3) is 0. The molecule has 270 valence electrons. The summed E-state index contributed by atoms with van der Waals surface area (Å²) in [5.41, 5.74) is 16.0. The van der Waals surface area contributed by atoms with Crippen molar-refractivity contribution in [3.8, 4) is 33.6 Å². The minimum absolute atomic E-state index is 0.818. The molecular weight excluding hydrogens is 713 g/mol. The van der Waals surface area contributed by atoms with E-state index >= 15 is 0 Å². The van der Waals surface area contributed by atoms with Crippen LogP contribution in [0.25, 0.3) is 121 Å². The maximum absolute atomic E-state index is 7.13. The van der Waals surface area contributed by atoms with E-state index in [-0.39, 0.29) is 0 Å². The molecule has 0 aliphatic carbocycles. The van der Waals surface area contributed by atoms with E-state index in [1.54, 1.807) is 0 Å². The second kappa shape index (κ2) is 11.8. The van der Waals surface area contributed by atoms with E-state index in [2.05, 4.69) is 155 Å². The number of hydrogen-bond donors (Lipinski definition) is 0. The minimum Gasteiger partial charge on any atom is -0.456 e. The zero-order valence-corrected chi connectivity index (χ0v) is 30.9. The average molecular weight is 743 g/mol. The monoisotopic (exact) mass is 742 g/mol. The highest BCUT2D eigenvalue weighted by atomic mass is 16.3. The maximum atomic E-state index is 7.13. The van der Waals surface area contributed by atoms with Gasteiger partial charge < -0.3 is 18.0 Å². The van der Waals surface area contributed by atoms with Gasteiger partial charge in [0.2, 0.25) is 0 Å². The molecule has 0 aliphatic heterocycles. The zero-order chi connectivity index (χ0) is 37.9. The molecule has 6 nitrogen and oxygen atoms in total. The highest BCUT2D eigenvalue weighted by Crippen LogP contribution is 2.44. The molecule has 58 heavy (non-hydrogen) atoms. The number of rotatable bonds is 4. The summed E-state index contributed by atoms with van der Waals surface area (Å²) in [7, 11) is 0.